The van der Waals surface area contributed by atoms with Crippen molar-refractivity contribution in [3.05, 3.63) is 23.4 Å². The fourth-order valence-corrected chi connectivity index (χ4v) is 5.45. The SMILES string of the molecule is CC(C)(C)OC(=O)N1C[C@@H]2C[C@H]1CN2CCNc1cc2c(cn1)C(=O)N(C1CCC(=O)NC1=O)C2. The summed E-state index contributed by atoms with van der Waals surface area (Å²) in [5.41, 5.74) is 0.833. The van der Waals surface area contributed by atoms with Crippen LogP contribution in [-0.2, 0) is 20.9 Å². The molecule has 0 saturated carbocycles. The summed E-state index contributed by atoms with van der Waals surface area (Å²) >= 11 is 0. The average molecular weight is 485 g/mol. The summed E-state index contributed by atoms with van der Waals surface area (Å²) in [6.07, 6.45) is 2.87. The molecule has 4 amide bonds. The lowest BCUT2D eigenvalue weighted by Crippen LogP contribution is -2.52. The minimum absolute atomic E-state index is 0.192. The number of hydrogen-bond acceptors (Lipinski definition) is 8. The number of piperazine rings is 1. The number of nitrogens with one attached hydrogen (secondary N) is 2. The highest BCUT2D eigenvalue weighted by atomic mass is 16.6. The number of imide groups is 1. The van der Waals surface area contributed by atoms with E-state index in [2.05, 4.69) is 20.5 Å². The third-order valence-corrected chi connectivity index (χ3v) is 7.10. The van der Waals surface area contributed by atoms with Gasteiger partial charge in [-0.3, -0.25) is 24.6 Å². The van der Waals surface area contributed by atoms with E-state index in [1.807, 2.05) is 31.7 Å². The van der Waals surface area contributed by atoms with Crippen molar-refractivity contribution in [2.24, 2.45) is 0 Å². The first-order valence-electron chi connectivity index (χ1n) is 12.2. The van der Waals surface area contributed by atoms with Crippen molar-refractivity contribution in [2.75, 3.05) is 31.5 Å². The molecule has 3 fully saturated rings. The number of pyridine rings is 1. The van der Waals surface area contributed by atoms with Crippen LogP contribution in [0.3, 0.4) is 0 Å². The third kappa shape index (κ3) is 4.69. The maximum Gasteiger partial charge on any atom is 0.410 e. The number of amides is 4. The first-order valence-corrected chi connectivity index (χ1v) is 12.2. The Hall–Kier alpha value is -3.21. The summed E-state index contributed by atoms with van der Waals surface area (Å²) in [5, 5.41) is 5.65. The second-order valence-corrected chi connectivity index (χ2v) is 10.7. The maximum atomic E-state index is 12.8. The molecule has 0 aliphatic carbocycles. The van der Waals surface area contributed by atoms with Crippen molar-refractivity contribution in [1.82, 2.24) is 25.0 Å². The second-order valence-electron chi connectivity index (χ2n) is 10.7. The summed E-state index contributed by atoms with van der Waals surface area (Å²) in [5.74, 6) is -0.260. The van der Waals surface area contributed by atoms with Gasteiger partial charge in [0.05, 0.1) is 5.56 Å². The van der Waals surface area contributed by atoms with Gasteiger partial charge in [-0.25, -0.2) is 9.78 Å². The van der Waals surface area contributed by atoms with E-state index >= 15 is 0 Å². The number of anilines is 1. The summed E-state index contributed by atoms with van der Waals surface area (Å²) in [6.45, 7) is 9.00. The van der Waals surface area contributed by atoms with Gasteiger partial charge in [-0.2, -0.15) is 0 Å². The molecule has 11 nitrogen and oxygen atoms in total. The summed E-state index contributed by atoms with van der Waals surface area (Å²) in [6, 6.07) is 1.76. The van der Waals surface area contributed by atoms with Crippen LogP contribution in [0.25, 0.3) is 0 Å². The van der Waals surface area contributed by atoms with E-state index in [1.54, 1.807) is 6.20 Å². The number of ether oxygens (including phenoxy) is 1. The van der Waals surface area contributed by atoms with E-state index in [0.717, 1.165) is 25.1 Å². The second kappa shape index (κ2) is 8.78. The van der Waals surface area contributed by atoms with Gasteiger partial charge in [-0.15, -0.1) is 0 Å². The maximum absolute atomic E-state index is 12.8. The Labute approximate surface area is 204 Å². The topological polar surface area (TPSA) is 124 Å². The molecule has 1 aromatic heterocycles. The molecule has 5 rings (SSSR count). The first-order chi connectivity index (χ1) is 16.6. The minimum atomic E-state index is -0.630. The fraction of sp³-hybridized carbons (Fsp3) is 0.625. The summed E-state index contributed by atoms with van der Waals surface area (Å²) in [4.78, 5) is 59.0. The van der Waals surface area contributed by atoms with Gasteiger partial charge >= 0.3 is 6.09 Å². The van der Waals surface area contributed by atoms with E-state index < -0.39 is 17.6 Å². The van der Waals surface area contributed by atoms with Crippen molar-refractivity contribution in [3.8, 4) is 0 Å². The lowest BCUT2D eigenvalue weighted by Gasteiger charge is -2.35. The van der Waals surface area contributed by atoms with Gasteiger partial charge in [0.25, 0.3) is 5.91 Å². The van der Waals surface area contributed by atoms with E-state index in [9.17, 15) is 19.2 Å². The van der Waals surface area contributed by atoms with Gasteiger partial charge in [0, 0.05) is 57.4 Å². The molecule has 0 aromatic carbocycles. The van der Waals surface area contributed by atoms with Gasteiger partial charge in [0.15, 0.2) is 0 Å². The van der Waals surface area contributed by atoms with Crippen LogP contribution < -0.4 is 10.6 Å². The molecule has 3 atom stereocenters. The third-order valence-electron chi connectivity index (χ3n) is 7.10. The lowest BCUT2D eigenvalue weighted by molar-refractivity contribution is -0.136. The summed E-state index contributed by atoms with van der Waals surface area (Å²) < 4.78 is 5.53. The molecule has 35 heavy (non-hydrogen) atoms. The number of rotatable bonds is 5. The van der Waals surface area contributed by atoms with Crippen molar-refractivity contribution in [1.29, 1.82) is 0 Å². The number of carbonyl (C=O) groups is 4. The molecule has 11 heteroatoms. The molecule has 0 spiro atoms. The molecule has 1 aromatic rings. The Balaban J connectivity index is 1.12. The molecule has 5 heterocycles. The van der Waals surface area contributed by atoms with E-state index in [4.69, 9.17) is 4.74 Å². The highest BCUT2D eigenvalue weighted by Gasteiger charge is 2.46. The number of likely N-dealkylation sites (tertiary alicyclic amines) is 2. The van der Waals surface area contributed by atoms with Gasteiger partial charge < -0.3 is 19.9 Å². The van der Waals surface area contributed by atoms with Crippen molar-refractivity contribution >= 4 is 29.6 Å². The van der Waals surface area contributed by atoms with Gasteiger partial charge in [0.2, 0.25) is 11.8 Å². The van der Waals surface area contributed by atoms with Crippen molar-refractivity contribution in [3.63, 3.8) is 0 Å². The monoisotopic (exact) mass is 484 g/mol. The molecule has 4 aliphatic rings. The van der Waals surface area contributed by atoms with Gasteiger partial charge in [-0.1, -0.05) is 0 Å². The van der Waals surface area contributed by atoms with Crippen LogP contribution in [0.2, 0.25) is 0 Å². The van der Waals surface area contributed by atoms with Gasteiger partial charge in [-0.05, 0) is 45.2 Å². The highest BCUT2D eigenvalue weighted by Crippen LogP contribution is 2.32. The van der Waals surface area contributed by atoms with Crippen LogP contribution in [0.15, 0.2) is 12.3 Å². The lowest BCUT2D eigenvalue weighted by atomic mass is 10.0. The first kappa shape index (κ1) is 23.5. The van der Waals surface area contributed by atoms with Gasteiger partial charge in [0.1, 0.15) is 17.5 Å². The smallest absolute Gasteiger partial charge is 0.410 e. The predicted octanol–water partition coefficient (Wildman–Crippen LogP) is 0.948. The zero-order valence-corrected chi connectivity index (χ0v) is 20.4. The van der Waals surface area contributed by atoms with Crippen LogP contribution in [0, 0.1) is 0 Å². The van der Waals surface area contributed by atoms with E-state index in [-0.39, 0.29) is 30.4 Å². The molecule has 2 bridgehead atoms. The Kier molecular flexibility index (Phi) is 5.90. The Bertz CT molecular complexity index is 1070. The largest absolute Gasteiger partial charge is 0.444 e. The zero-order chi connectivity index (χ0) is 24.9. The predicted molar refractivity (Wildman–Crippen MR) is 125 cm³/mol. The fourth-order valence-electron chi connectivity index (χ4n) is 5.45. The average Bonchev–Trinajstić information content (AvgIpc) is 3.46. The molecular weight excluding hydrogens is 452 g/mol. The zero-order valence-electron chi connectivity index (χ0n) is 20.4. The molecule has 1 unspecified atom stereocenters. The standard InChI is InChI=1S/C24H32N6O5/c1-24(2,3)35-23(34)29-13-15-9-16(29)12-28(15)7-6-25-19-8-14-11-30(22(33)17(14)10-26-19)18-4-5-20(31)27-21(18)32/h8,10,15-16,18H,4-7,9,11-13H2,1-3H3,(H,25,26)(H,27,31,32)/t15-,16-,18?/m0/s1. The summed E-state index contributed by atoms with van der Waals surface area (Å²) in [7, 11) is 0. The van der Waals surface area contributed by atoms with E-state index in [1.165, 1.54) is 4.90 Å². The van der Waals surface area contributed by atoms with Crippen LogP contribution in [0.4, 0.5) is 10.6 Å². The Morgan fingerprint density at radius 3 is 2.71 bits per heavy atom. The molecular formula is C24H32N6O5. The number of hydrogen-bond donors (Lipinski definition) is 2. The number of nitrogens with zero attached hydrogens (tertiary/aromatic N) is 4. The normalized spacial score (nSPS) is 26.3. The molecule has 0 radical (unpaired) electrons. The van der Waals surface area contributed by atoms with Crippen LogP contribution >= 0.6 is 0 Å². The van der Waals surface area contributed by atoms with Crippen LogP contribution in [0.1, 0.15) is 56.0 Å². The van der Waals surface area contributed by atoms with Crippen molar-refractivity contribution in [2.45, 2.75) is 70.3 Å². The molecule has 3 saturated heterocycles. The number of piperidine rings is 1. The minimum Gasteiger partial charge on any atom is -0.444 e. The van der Waals surface area contributed by atoms with E-state index in [0.29, 0.717) is 43.5 Å². The Morgan fingerprint density at radius 1 is 1.23 bits per heavy atom. The quantitative estimate of drug-likeness (QED) is 0.592. The molecule has 188 valence electrons. The van der Waals surface area contributed by atoms with Crippen LogP contribution in [-0.4, -0.2) is 93.4 Å². The Morgan fingerprint density at radius 2 is 2.03 bits per heavy atom. The highest BCUT2D eigenvalue weighted by molar-refractivity contribution is 6.05. The number of carbonyl (C=O) groups excluding carboxylic acids is 4. The number of fused-ring (bicyclic) bond motifs is 3. The molecule has 2 N–H and O–H groups in total. The molecule has 4 aliphatic heterocycles. The van der Waals surface area contributed by atoms with Crippen molar-refractivity contribution < 1.29 is 23.9 Å². The van der Waals surface area contributed by atoms with Crippen LogP contribution in [0.5, 0.6) is 0 Å². The number of aromatic nitrogens is 1.